The van der Waals surface area contributed by atoms with Gasteiger partial charge in [-0.2, -0.15) is 0 Å². The van der Waals surface area contributed by atoms with Crippen LogP contribution in [0.1, 0.15) is 22.7 Å². The van der Waals surface area contributed by atoms with Crippen LogP contribution in [0.15, 0.2) is 66.7 Å². The van der Waals surface area contributed by atoms with Gasteiger partial charge in [-0.3, -0.25) is 4.79 Å². The summed E-state index contributed by atoms with van der Waals surface area (Å²) in [6.07, 6.45) is 0.333. The zero-order chi connectivity index (χ0) is 22.0. The number of hydrogen-bond donors (Lipinski definition) is 0. The van der Waals surface area contributed by atoms with E-state index >= 15 is 0 Å². The maximum Gasteiger partial charge on any atom is 0.227 e. The Morgan fingerprint density at radius 2 is 1.71 bits per heavy atom. The first-order valence-electron chi connectivity index (χ1n) is 10.2. The molecule has 31 heavy (non-hydrogen) atoms. The van der Waals surface area contributed by atoms with Gasteiger partial charge >= 0.3 is 0 Å². The van der Waals surface area contributed by atoms with Crippen LogP contribution in [0.4, 0.5) is 5.69 Å². The van der Waals surface area contributed by atoms with Crippen LogP contribution in [0.25, 0.3) is 0 Å². The first kappa shape index (κ1) is 22.0. The summed E-state index contributed by atoms with van der Waals surface area (Å²) in [4.78, 5) is 17.3. The second kappa shape index (κ2) is 9.52. The second-order valence-corrected chi connectivity index (χ2v) is 9.14. The Balaban J connectivity index is 1.60. The lowest BCUT2D eigenvalue weighted by Gasteiger charge is -2.43. The van der Waals surface area contributed by atoms with Gasteiger partial charge in [0.2, 0.25) is 5.91 Å². The first-order valence-corrected chi connectivity index (χ1v) is 11.3. The molecule has 160 valence electrons. The molecule has 0 aliphatic carbocycles. The molecule has 1 amide bonds. The van der Waals surface area contributed by atoms with Gasteiger partial charge in [0.05, 0.1) is 23.2 Å². The molecule has 0 saturated carbocycles. The highest BCUT2D eigenvalue weighted by molar-refractivity contribution is 6.33. The second-order valence-electron chi connectivity index (χ2n) is 7.86. The molecule has 3 aromatic carbocycles. The molecule has 1 heterocycles. The van der Waals surface area contributed by atoms with Crippen molar-refractivity contribution >= 4 is 46.4 Å². The van der Waals surface area contributed by atoms with Crippen molar-refractivity contribution in [1.29, 1.82) is 0 Å². The van der Waals surface area contributed by atoms with E-state index in [1.807, 2.05) is 66.4 Å². The monoisotopic (exact) mass is 472 g/mol. The largest absolute Gasteiger partial charge is 0.360 e. The smallest absolute Gasteiger partial charge is 0.227 e. The molecule has 0 radical (unpaired) electrons. The molecule has 1 saturated heterocycles. The number of halogens is 3. The normalized spacial score (nSPS) is 16.5. The highest BCUT2D eigenvalue weighted by Crippen LogP contribution is 2.36. The minimum atomic E-state index is -0.0189. The van der Waals surface area contributed by atoms with Crippen molar-refractivity contribution in [3.05, 3.63) is 98.5 Å². The summed E-state index contributed by atoms with van der Waals surface area (Å²) < 4.78 is 0. The molecule has 3 aromatic rings. The van der Waals surface area contributed by atoms with Gasteiger partial charge in [0.1, 0.15) is 0 Å². The molecule has 4 rings (SSSR count). The van der Waals surface area contributed by atoms with Gasteiger partial charge in [-0.05, 0) is 60.0 Å². The standard InChI is InChI=1S/C25H23Cl3N2O/c1-17-5-10-23(22(28)13-17)30-12-11-29(16-24(30)19-6-8-20(26)9-7-19)25(31)15-18-3-2-4-21(27)14-18/h2-10,13-14,24H,11-12,15-16H2,1H3. The van der Waals surface area contributed by atoms with Crippen molar-refractivity contribution in [1.82, 2.24) is 4.90 Å². The Kier molecular flexibility index (Phi) is 6.76. The molecule has 1 aliphatic heterocycles. The zero-order valence-electron chi connectivity index (χ0n) is 17.2. The minimum absolute atomic E-state index is 0.0189. The Morgan fingerprint density at radius 1 is 0.935 bits per heavy atom. The Hall–Kier alpha value is -2.20. The molecule has 1 aliphatic rings. The Morgan fingerprint density at radius 3 is 2.42 bits per heavy atom. The Bertz CT molecular complexity index is 1080. The highest BCUT2D eigenvalue weighted by atomic mass is 35.5. The number of hydrogen-bond acceptors (Lipinski definition) is 2. The average molecular weight is 474 g/mol. The van der Waals surface area contributed by atoms with Gasteiger partial charge in [0.25, 0.3) is 0 Å². The lowest BCUT2D eigenvalue weighted by Crippen LogP contribution is -2.51. The van der Waals surface area contributed by atoms with Crippen LogP contribution in [-0.4, -0.2) is 30.4 Å². The van der Waals surface area contributed by atoms with Crippen molar-refractivity contribution in [2.75, 3.05) is 24.5 Å². The third-order valence-electron chi connectivity index (χ3n) is 5.64. The number of nitrogens with zero attached hydrogens (tertiary/aromatic N) is 2. The molecule has 1 atom stereocenters. The van der Waals surface area contributed by atoms with Crippen LogP contribution in [0.2, 0.25) is 15.1 Å². The van der Waals surface area contributed by atoms with Gasteiger partial charge in [0.15, 0.2) is 0 Å². The number of benzene rings is 3. The lowest BCUT2D eigenvalue weighted by atomic mass is 10.00. The van der Waals surface area contributed by atoms with Crippen LogP contribution in [0, 0.1) is 6.92 Å². The fourth-order valence-electron chi connectivity index (χ4n) is 4.05. The fraction of sp³-hybridized carbons (Fsp3) is 0.240. The van der Waals surface area contributed by atoms with E-state index in [0.29, 0.717) is 36.1 Å². The SMILES string of the molecule is Cc1ccc(N2CCN(C(=O)Cc3cccc(Cl)c3)CC2c2ccc(Cl)cc2)c(Cl)c1. The molecule has 0 aromatic heterocycles. The molecule has 1 unspecified atom stereocenters. The summed E-state index contributed by atoms with van der Waals surface area (Å²) >= 11 is 18.8. The third kappa shape index (κ3) is 5.17. The quantitative estimate of drug-likeness (QED) is 0.427. The van der Waals surface area contributed by atoms with E-state index in [0.717, 1.165) is 27.4 Å². The summed E-state index contributed by atoms with van der Waals surface area (Å²) in [5.41, 5.74) is 4.12. The van der Waals surface area contributed by atoms with Crippen LogP contribution in [0.3, 0.4) is 0 Å². The van der Waals surface area contributed by atoms with Crippen molar-refractivity contribution in [2.45, 2.75) is 19.4 Å². The molecule has 3 nitrogen and oxygen atoms in total. The topological polar surface area (TPSA) is 23.6 Å². The van der Waals surface area contributed by atoms with E-state index in [2.05, 4.69) is 17.0 Å². The molecule has 0 bridgehead atoms. The van der Waals surface area contributed by atoms with Crippen LogP contribution in [-0.2, 0) is 11.2 Å². The predicted molar refractivity (Wildman–Crippen MR) is 129 cm³/mol. The lowest BCUT2D eigenvalue weighted by molar-refractivity contribution is -0.131. The van der Waals surface area contributed by atoms with Crippen molar-refractivity contribution in [3.8, 4) is 0 Å². The molecule has 0 spiro atoms. The Labute approximate surface area is 198 Å². The summed E-state index contributed by atoms with van der Waals surface area (Å²) in [7, 11) is 0. The third-order valence-corrected chi connectivity index (χ3v) is 6.43. The van der Waals surface area contributed by atoms with E-state index in [1.54, 1.807) is 0 Å². The maximum absolute atomic E-state index is 13.1. The summed E-state index contributed by atoms with van der Waals surface area (Å²) in [5.74, 6) is 0.0934. The molecule has 0 N–H and O–H groups in total. The van der Waals surface area contributed by atoms with Gasteiger partial charge < -0.3 is 9.80 Å². The average Bonchev–Trinajstić information content (AvgIpc) is 2.74. The number of rotatable bonds is 4. The van der Waals surface area contributed by atoms with Crippen LogP contribution in [0.5, 0.6) is 0 Å². The van der Waals surface area contributed by atoms with E-state index in [-0.39, 0.29) is 11.9 Å². The van der Waals surface area contributed by atoms with E-state index in [1.165, 1.54) is 0 Å². The number of piperazine rings is 1. The van der Waals surface area contributed by atoms with Crippen LogP contribution >= 0.6 is 34.8 Å². The van der Waals surface area contributed by atoms with E-state index < -0.39 is 0 Å². The van der Waals surface area contributed by atoms with Gasteiger partial charge in [-0.25, -0.2) is 0 Å². The van der Waals surface area contributed by atoms with Crippen molar-refractivity contribution in [3.63, 3.8) is 0 Å². The number of anilines is 1. The maximum atomic E-state index is 13.1. The zero-order valence-corrected chi connectivity index (χ0v) is 19.5. The summed E-state index contributed by atoms with van der Waals surface area (Å²) in [5, 5.41) is 2.05. The summed E-state index contributed by atoms with van der Waals surface area (Å²) in [6.45, 7) is 3.93. The van der Waals surface area contributed by atoms with Crippen LogP contribution < -0.4 is 4.90 Å². The van der Waals surface area contributed by atoms with Gasteiger partial charge in [-0.1, -0.05) is 65.1 Å². The number of aryl methyl sites for hydroxylation is 1. The van der Waals surface area contributed by atoms with E-state index in [4.69, 9.17) is 34.8 Å². The fourth-order valence-corrected chi connectivity index (χ4v) is 4.73. The molecular weight excluding hydrogens is 451 g/mol. The minimum Gasteiger partial charge on any atom is -0.360 e. The van der Waals surface area contributed by atoms with Crippen molar-refractivity contribution in [2.24, 2.45) is 0 Å². The number of carbonyl (C=O) groups excluding carboxylic acids is 1. The number of carbonyl (C=O) groups is 1. The summed E-state index contributed by atoms with van der Waals surface area (Å²) in [6, 6.07) is 21.4. The van der Waals surface area contributed by atoms with Gasteiger partial charge in [0, 0.05) is 29.7 Å². The molecule has 6 heteroatoms. The predicted octanol–water partition coefficient (Wildman–Crippen LogP) is 6.59. The van der Waals surface area contributed by atoms with E-state index in [9.17, 15) is 4.79 Å². The molecule has 1 fully saturated rings. The molecular formula is C25H23Cl3N2O. The van der Waals surface area contributed by atoms with Crippen molar-refractivity contribution < 1.29 is 4.79 Å². The number of amides is 1. The highest BCUT2D eigenvalue weighted by Gasteiger charge is 2.31. The first-order chi connectivity index (χ1) is 14.9. The van der Waals surface area contributed by atoms with Gasteiger partial charge in [-0.15, -0.1) is 0 Å².